The Balaban J connectivity index is 1.56. The first kappa shape index (κ1) is 19.6. The average molecular weight is 383 g/mol. The first-order valence-electron chi connectivity index (χ1n) is 9.09. The number of nitrogens with zero attached hydrogens (tertiary/aromatic N) is 1. The molecule has 1 aliphatic rings. The van der Waals surface area contributed by atoms with E-state index in [0.717, 1.165) is 18.4 Å². The minimum absolute atomic E-state index is 0.0786. The maximum atomic E-state index is 13.9. The zero-order chi connectivity index (χ0) is 19.9. The highest BCUT2D eigenvalue weighted by Gasteiger charge is 2.33. The van der Waals surface area contributed by atoms with Gasteiger partial charge in [-0.1, -0.05) is 36.4 Å². The molecule has 1 amide bonds. The topological polar surface area (TPSA) is 55.8 Å². The molecule has 2 aromatic carbocycles. The van der Waals surface area contributed by atoms with E-state index in [0.29, 0.717) is 11.3 Å². The highest BCUT2D eigenvalue weighted by Crippen LogP contribution is 2.29. The second kappa shape index (κ2) is 9.17. The summed E-state index contributed by atoms with van der Waals surface area (Å²) in [6.07, 6.45) is 4.58. The van der Waals surface area contributed by atoms with Crippen LogP contribution in [0, 0.1) is 5.82 Å². The number of amides is 1. The molecule has 146 valence electrons. The molecule has 1 aliphatic carbocycles. The summed E-state index contributed by atoms with van der Waals surface area (Å²) in [5.74, 6) is -0.671. The van der Waals surface area contributed by atoms with E-state index in [1.807, 2.05) is 12.1 Å². The number of hydrogen-bond acceptors (Lipinski definition) is 4. The molecule has 3 rings (SSSR count). The zero-order valence-corrected chi connectivity index (χ0v) is 15.6. The third-order valence-corrected chi connectivity index (χ3v) is 4.48. The molecule has 0 saturated heterocycles. The van der Waals surface area contributed by atoms with Gasteiger partial charge in [0.1, 0.15) is 11.6 Å². The predicted molar refractivity (Wildman–Crippen MR) is 103 cm³/mol. The maximum absolute atomic E-state index is 13.9. The van der Waals surface area contributed by atoms with Crippen molar-refractivity contribution >= 4 is 18.0 Å². The zero-order valence-electron chi connectivity index (χ0n) is 15.6. The Bertz CT molecular complexity index is 876. The van der Waals surface area contributed by atoms with E-state index in [1.165, 1.54) is 12.1 Å². The number of methoxy groups -OCH3 is 1. The molecule has 6 heteroatoms. The van der Waals surface area contributed by atoms with Crippen LogP contribution in [0.2, 0.25) is 0 Å². The summed E-state index contributed by atoms with van der Waals surface area (Å²) < 4.78 is 24.2. The number of carbonyl (C=O) groups excluding carboxylic acids is 2. The van der Waals surface area contributed by atoms with Crippen LogP contribution in [0.4, 0.5) is 4.39 Å². The fourth-order valence-corrected chi connectivity index (χ4v) is 2.84. The summed E-state index contributed by atoms with van der Waals surface area (Å²) in [4.78, 5) is 26.0. The summed E-state index contributed by atoms with van der Waals surface area (Å²) in [5, 5.41) is 0. The van der Waals surface area contributed by atoms with E-state index < -0.39 is 5.97 Å². The summed E-state index contributed by atoms with van der Waals surface area (Å²) in [6.45, 7) is -0.204. The van der Waals surface area contributed by atoms with Gasteiger partial charge in [0.05, 0.1) is 7.11 Å². The van der Waals surface area contributed by atoms with Gasteiger partial charge in [-0.3, -0.25) is 4.79 Å². The SMILES string of the molecule is COc1ccccc1/C=C/C(=O)OCC(=O)N(Cc1ccccc1F)C1CC1. The standard InChI is InChI=1S/C22H22FNO4/c1-27-20-9-5-3-6-16(20)10-13-22(26)28-15-21(25)24(18-11-12-18)14-17-7-2-4-8-19(17)23/h2-10,13,18H,11-12,14-15H2,1H3/b13-10+. The Kier molecular flexibility index (Phi) is 6.42. The Morgan fingerprint density at radius 2 is 1.86 bits per heavy atom. The molecule has 2 aromatic rings. The van der Waals surface area contributed by atoms with Crippen LogP contribution in [0.5, 0.6) is 5.75 Å². The Morgan fingerprint density at radius 1 is 1.14 bits per heavy atom. The van der Waals surface area contributed by atoms with Crippen molar-refractivity contribution in [3.8, 4) is 5.75 Å². The highest BCUT2D eigenvalue weighted by molar-refractivity contribution is 5.89. The quantitative estimate of drug-likeness (QED) is 0.516. The largest absolute Gasteiger partial charge is 0.496 e. The van der Waals surface area contributed by atoms with Gasteiger partial charge < -0.3 is 14.4 Å². The van der Waals surface area contributed by atoms with Crippen molar-refractivity contribution in [1.29, 1.82) is 0 Å². The van der Waals surface area contributed by atoms with Crippen molar-refractivity contribution in [3.05, 3.63) is 71.6 Å². The van der Waals surface area contributed by atoms with Gasteiger partial charge in [0.15, 0.2) is 6.61 Å². The van der Waals surface area contributed by atoms with Gasteiger partial charge in [0, 0.05) is 29.8 Å². The fourth-order valence-electron chi connectivity index (χ4n) is 2.84. The van der Waals surface area contributed by atoms with Gasteiger partial charge in [-0.25, -0.2) is 9.18 Å². The van der Waals surface area contributed by atoms with Crippen LogP contribution in [-0.2, 0) is 20.9 Å². The third-order valence-electron chi connectivity index (χ3n) is 4.48. The molecular formula is C22H22FNO4. The molecule has 0 unspecified atom stereocenters. The van der Waals surface area contributed by atoms with E-state index in [1.54, 1.807) is 48.4 Å². The van der Waals surface area contributed by atoms with E-state index in [2.05, 4.69) is 0 Å². The van der Waals surface area contributed by atoms with Crippen LogP contribution in [0.15, 0.2) is 54.6 Å². The molecule has 28 heavy (non-hydrogen) atoms. The first-order valence-corrected chi connectivity index (χ1v) is 9.09. The predicted octanol–water partition coefficient (Wildman–Crippen LogP) is 3.58. The van der Waals surface area contributed by atoms with Gasteiger partial charge in [-0.2, -0.15) is 0 Å². The van der Waals surface area contributed by atoms with Crippen LogP contribution in [0.1, 0.15) is 24.0 Å². The van der Waals surface area contributed by atoms with E-state index in [-0.39, 0.29) is 30.9 Å². The summed E-state index contributed by atoms with van der Waals surface area (Å²) in [7, 11) is 1.55. The molecule has 0 heterocycles. The smallest absolute Gasteiger partial charge is 0.331 e. The lowest BCUT2D eigenvalue weighted by Crippen LogP contribution is -2.36. The molecule has 0 atom stereocenters. The van der Waals surface area contributed by atoms with Crippen LogP contribution >= 0.6 is 0 Å². The first-order chi connectivity index (χ1) is 13.6. The maximum Gasteiger partial charge on any atom is 0.331 e. The van der Waals surface area contributed by atoms with Gasteiger partial charge in [-0.05, 0) is 31.1 Å². The number of carbonyl (C=O) groups is 2. The van der Waals surface area contributed by atoms with Gasteiger partial charge in [0.2, 0.25) is 0 Å². The number of esters is 1. The normalized spacial score (nSPS) is 13.4. The van der Waals surface area contributed by atoms with Crippen molar-refractivity contribution in [2.24, 2.45) is 0 Å². The molecule has 1 fully saturated rings. The number of ether oxygens (including phenoxy) is 2. The fraction of sp³-hybridized carbons (Fsp3) is 0.273. The highest BCUT2D eigenvalue weighted by atomic mass is 19.1. The summed E-state index contributed by atoms with van der Waals surface area (Å²) >= 11 is 0. The average Bonchev–Trinajstić information content (AvgIpc) is 3.55. The molecule has 5 nitrogen and oxygen atoms in total. The van der Waals surface area contributed by atoms with Crippen LogP contribution in [-0.4, -0.2) is 36.5 Å². The van der Waals surface area contributed by atoms with Gasteiger partial charge >= 0.3 is 5.97 Å². The van der Waals surface area contributed by atoms with Crippen molar-refractivity contribution in [3.63, 3.8) is 0 Å². The number of hydrogen-bond donors (Lipinski definition) is 0. The van der Waals surface area contributed by atoms with Gasteiger partial charge in [-0.15, -0.1) is 0 Å². The molecule has 0 aliphatic heterocycles. The lowest BCUT2D eigenvalue weighted by atomic mass is 10.2. The van der Waals surface area contributed by atoms with Crippen molar-refractivity contribution < 1.29 is 23.5 Å². The van der Waals surface area contributed by atoms with E-state index >= 15 is 0 Å². The molecule has 0 spiro atoms. The molecular weight excluding hydrogens is 361 g/mol. The second-order valence-electron chi connectivity index (χ2n) is 6.53. The number of benzene rings is 2. The molecule has 0 N–H and O–H groups in total. The minimum Gasteiger partial charge on any atom is -0.496 e. The van der Waals surface area contributed by atoms with Crippen molar-refractivity contribution in [2.45, 2.75) is 25.4 Å². The lowest BCUT2D eigenvalue weighted by molar-refractivity contribution is -0.148. The monoisotopic (exact) mass is 383 g/mol. The summed E-state index contributed by atoms with van der Waals surface area (Å²) in [6, 6.07) is 13.7. The van der Waals surface area contributed by atoms with Gasteiger partial charge in [0.25, 0.3) is 5.91 Å². The van der Waals surface area contributed by atoms with Crippen molar-refractivity contribution in [2.75, 3.05) is 13.7 Å². The molecule has 0 radical (unpaired) electrons. The Morgan fingerprint density at radius 3 is 2.57 bits per heavy atom. The van der Waals surface area contributed by atoms with E-state index in [4.69, 9.17) is 9.47 Å². The third kappa shape index (κ3) is 5.19. The Labute approximate surface area is 163 Å². The molecule has 0 aromatic heterocycles. The minimum atomic E-state index is -0.624. The number of rotatable bonds is 8. The lowest BCUT2D eigenvalue weighted by Gasteiger charge is -2.22. The van der Waals surface area contributed by atoms with E-state index in [9.17, 15) is 14.0 Å². The molecule has 1 saturated carbocycles. The molecule has 0 bridgehead atoms. The summed E-state index contributed by atoms with van der Waals surface area (Å²) in [5.41, 5.74) is 1.18. The Hall–Kier alpha value is -3.15. The van der Waals surface area contributed by atoms with Crippen LogP contribution in [0.3, 0.4) is 0 Å². The van der Waals surface area contributed by atoms with Crippen LogP contribution < -0.4 is 4.74 Å². The second-order valence-corrected chi connectivity index (χ2v) is 6.53. The number of para-hydroxylation sites is 1. The van der Waals surface area contributed by atoms with Crippen molar-refractivity contribution in [1.82, 2.24) is 4.90 Å². The number of halogens is 1. The van der Waals surface area contributed by atoms with Crippen LogP contribution in [0.25, 0.3) is 6.08 Å².